The van der Waals surface area contributed by atoms with Gasteiger partial charge in [0.05, 0.1) is 7.11 Å². The summed E-state index contributed by atoms with van der Waals surface area (Å²) in [7, 11) is 1.62. The molecule has 1 aliphatic rings. The molecule has 3 aromatic rings. The predicted molar refractivity (Wildman–Crippen MR) is 90.6 cm³/mol. The molecule has 2 N–H and O–H groups in total. The fourth-order valence-electron chi connectivity index (χ4n) is 3.29. The number of ether oxygens (including phenoxy) is 1. The summed E-state index contributed by atoms with van der Waals surface area (Å²) in [5.74, 6) is 0.741. The number of rotatable bonds is 2. The molecular weight excluding hydrogens is 288 g/mol. The van der Waals surface area contributed by atoms with Crippen LogP contribution in [0, 0.1) is 0 Å². The van der Waals surface area contributed by atoms with Gasteiger partial charge in [-0.2, -0.15) is 0 Å². The molecule has 0 saturated heterocycles. The summed E-state index contributed by atoms with van der Waals surface area (Å²) >= 11 is 0. The fourth-order valence-corrected chi connectivity index (χ4v) is 3.29. The topological polar surface area (TPSA) is 49.7 Å². The zero-order valence-corrected chi connectivity index (χ0v) is 12.7. The number of aliphatic hydroxyl groups is 2. The maximum absolute atomic E-state index is 10.6. The predicted octanol–water partition coefficient (Wildman–Crippen LogP) is 4.21. The molecule has 0 heterocycles. The first kappa shape index (κ1) is 13.9. The van der Waals surface area contributed by atoms with Crippen molar-refractivity contribution in [2.24, 2.45) is 0 Å². The summed E-state index contributed by atoms with van der Waals surface area (Å²) in [5, 5.41) is 23.2. The van der Waals surface area contributed by atoms with Gasteiger partial charge in [-0.05, 0) is 39.6 Å². The first-order chi connectivity index (χ1) is 11.2. The second kappa shape index (κ2) is 5.14. The van der Waals surface area contributed by atoms with Crippen LogP contribution in [0.15, 0.2) is 66.4 Å². The van der Waals surface area contributed by atoms with Crippen molar-refractivity contribution in [3.05, 3.63) is 83.1 Å². The van der Waals surface area contributed by atoms with E-state index in [0.717, 1.165) is 33.2 Å². The number of hydrogen-bond donors (Lipinski definition) is 2. The molecule has 114 valence electrons. The highest BCUT2D eigenvalue weighted by atomic mass is 16.5. The molecule has 1 atom stereocenters. The molecule has 0 radical (unpaired) electrons. The second-order valence-corrected chi connectivity index (χ2v) is 5.64. The van der Waals surface area contributed by atoms with Gasteiger partial charge >= 0.3 is 0 Å². The van der Waals surface area contributed by atoms with E-state index in [-0.39, 0.29) is 5.76 Å². The molecule has 1 aliphatic carbocycles. The molecule has 3 heteroatoms. The van der Waals surface area contributed by atoms with Crippen molar-refractivity contribution in [1.82, 2.24) is 0 Å². The maximum atomic E-state index is 10.6. The Balaban J connectivity index is 2.01. The summed E-state index contributed by atoms with van der Waals surface area (Å²) in [6, 6.07) is 19.2. The molecule has 0 spiro atoms. The zero-order chi connectivity index (χ0) is 16.0. The SMILES string of the molecule is COc1ccc(C2=C(O)[C@@H](O)c3cccc4cccc2c34)cc1. The average Bonchev–Trinajstić information content (AvgIpc) is 2.60. The normalized spacial score (nSPS) is 16.7. The van der Waals surface area contributed by atoms with Gasteiger partial charge < -0.3 is 14.9 Å². The first-order valence-corrected chi connectivity index (χ1v) is 7.48. The molecule has 23 heavy (non-hydrogen) atoms. The smallest absolute Gasteiger partial charge is 0.137 e. The molecule has 0 bridgehead atoms. The Bertz CT molecular complexity index is 918. The second-order valence-electron chi connectivity index (χ2n) is 5.64. The Morgan fingerprint density at radius 3 is 2.30 bits per heavy atom. The minimum Gasteiger partial charge on any atom is -0.508 e. The van der Waals surface area contributed by atoms with E-state index in [1.807, 2.05) is 60.7 Å². The van der Waals surface area contributed by atoms with Crippen molar-refractivity contribution < 1.29 is 14.9 Å². The van der Waals surface area contributed by atoms with Crippen LogP contribution in [0.1, 0.15) is 22.8 Å². The molecular formula is C20H16O3. The molecule has 0 unspecified atom stereocenters. The monoisotopic (exact) mass is 304 g/mol. The third kappa shape index (κ3) is 2.01. The van der Waals surface area contributed by atoms with Gasteiger partial charge in [0, 0.05) is 5.57 Å². The summed E-state index contributed by atoms with van der Waals surface area (Å²) in [5.41, 5.74) is 3.20. The van der Waals surface area contributed by atoms with Crippen LogP contribution in [0.25, 0.3) is 16.3 Å². The summed E-state index contributed by atoms with van der Waals surface area (Å²) < 4.78 is 5.19. The Morgan fingerprint density at radius 2 is 1.61 bits per heavy atom. The summed E-state index contributed by atoms with van der Waals surface area (Å²) in [6.07, 6.45) is -1.01. The van der Waals surface area contributed by atoms with Gasteiger partial charge in [0.1, 0.15) is 17.6 Å². The summed E-state index contributed by atoms with van der Waals surface area (Å²) in [4.78, 5) is 0. The quantitative estimate of drug-likeness (QED) is 0.745. The van der Waals surface area contributed by atoms with E-state index < -0.39 is 6.10 Å². The van der Waals surface area contributed by atoms with E-state index in [0.29, 0.717) is 5.57 Å². The van der Waals surface area contributed by atoms with Crippen LogP contribution < -0.4 is 4.74 Å². The largest absolute Gasteiger partial charge is 0.508 e. The van der Waals surface area contributed by atoms with Gasteiger partial charge in [0.25, 0.3) is 0 Å². The van der Waals surface area contributed by atoms with E-state index in [9.17, 15) is 10.2 Å². The van der Waals surface area contributed by atoms with Crippen molar-refractivity contribution in [1.29, 1.82) is 0 Å². The Hall–Kier alpha value is -2.78. The number of hydrogen-bond acceptors (Lipinski definition) is 3. The maximum Gasteiger partial charge on any atom is 0.137 e. The standard InChI is InChI=1S/C20H16O3/c1-23-14-10-8-13(9-11-14)18-15-6-2-4-12-5-3-7-16(17(12)15)19(21)20(18)22/h2-11,19,21-22H,1H3/t19-/m0/s1. The summed E-state index contributed by atoms with van der Waals surface area (Å²) in [6.45, 7) is 0. The third-order valence-electron chi connectivity index (χ3n) is 4.39. The molecule has 3 nitrogen and oxygen atoms in total. The van der Waals surface area contributed by atoms with E-state index >= 15 is 0 Å². The van der Waals surface area contributed by atoms with E-state index in [2.05, 4.69) is 0 Å². The van der Waals surface area contributed by atoms with Crippen LogP contribution in [0.2, 0.25) is 0 Å². The highest BCUT2D eigenvalue weighted by Crippen LogP contribution is 2.43. The van der Waals surface area contributed by atoms with Gasteiger partial charge in [-0.25, -0.2) is 0 Å². The minimum atomic E-state index is -1.01. The number of aliphatic hydroxyl groups excluding tert-OH is 2. The van der Waals surface area contributed by atoms with Gasteiger partial charge in [0.15, 0.2) is 0 Å². The lowest BCUT2D eigenvalue weighted by molar-refractivity contribution is 0.157. The third-order valence-corrected chi connectivity index (χ3v) is 4.39. The first-order valence-electron chi connectivity index (χ1n) is 7.48. The van der Waals surface area contributed by atoms with Crippen LogP contribution >= 0.6 is 0 Å². The molecule has 0 fully saturated rings. The van der Waals surface area contributed by atoms with Crippen molar-refractivity contribution in [2.45, 2.75) is 6.10 Å². The van der Waals surface area contributed by atoms with Crippen molar-refractivity contribution in [3.8, 4) is 5.75 Å². The van der Waals surface area contributed by atoms with Crippen LogP contribution in [-0.2, 0) is 0 Å². The lowest BCUT2D eigenvalue weighted by Crippen LogP contribution is -2.11. The van der Waals surface area contributed by atoms with Crippen molar-refractivity contribution >= 4 is 16.3 Å². The van der Waals surface area contributed by atoms with E-state index in [1.165, 1.54) is 0 Å². The molecule has 3 aromatic carbocycles. The van der Waals surface area contributed by atoms with Gasteiger partial charge in [0.2, 0.25) is 0 Å². The van der Waals surface area contributed by atoms with E-state index in [1.54, 1.807) is 7.11 Å². The van der Waals surface area contributed by atoms with Crippen LogP contribution in [0.4, 0.5) is 0 Å². The number of methoxy groups -OCH3 is 1. The van der Waals surface area contributed by atoms with E-state index in [4.69, 9.17) is 4.74 Å². The highest BCUT2D eigenvalue weighted by Gasteiger charge is 2.28. The average molecular weight is 304 g/mol. The highest BCUT2D eigenvalue weighted by molar-refractivity contribution is 6.02. The van der Waals surface area contributed by atoms with Crippen molar-refractivity contribution in [3.63, 3.8) is 0 Å². The molecule has 0 aliphatic heterocycles. The lowest BCUT2D eigenvalue weighted by atomic mass is 9.83. The molecule has 0 saturated carbocycles. The molecule has 4 rings (SSSR count). The Kier molecular flexibility index (Phi) is 3.10. The van der Waals surface area contributed by atoms with Crippen molar-refractivity contribution in [2.75, 3.05) is 7.11 Å². The molecule has 0 aromatic heterocycles. The van der Waals surface area contributed by atoms with Crippen LogP contribution in [0.3, 0.4) is 0 Å². The fraction of sp³-hybridized carbons (Fsp3) is 0.100. The van der Waals surface area contributed by atoms with Crippen LogP contribution in [-0.4, -0.2) is 17.3 Å². The van der Waals surface area contributed by atoms with Gasteiger partial charge in [-0.1, -0.05) is 48.5 Å². The van der Waals surface area contributed by atoms with Gasteiger partial charge in [-0.3, -0.25) is 0 Å². The molecule has 0 amide bonds. The minimum absolute atomic E-state index is 0.0126. The Labute approximate surface area is 134 Å². The van der Waals surface area contributed by atoms with Crippen LogP contribution in [0.5, 0.6) is 5.75 Å². The Morgan fingerprint density at radius 1 is 0.913 bits per heavy atom. The lowest BCUT2D eigenvalue weighted by Gasteiger charge is -2.25. The zero-order valence-electron chi connectivity index (χ0n) is 12.7. The van der Waals surface area contributed by atoms with Gasteiger partial charge in [-0.15, -0.1) is 0 Å². The number of benzene rings is 3.